The number of sulfonamides is 1. The molecule has 0 aliphatic rings. The minimum Gasteiger partial charge on any atom is -0.322 e. The Morgan fingerprint density at radius 1 is 1.19 bits per heavy atom. The van der Waals surface area contributed by atoms with Crippen LogP contribution in [0.15, 0.2) is 58.8 Å². The predicted molar refractivity (Wildman–Crippen MR) is 120 cm³/mol. The highest BCUT2D eigenvalue weighted by atomic mass is 32.2. The summed E-state index contributed by atoms with van der Waals surface area (Å²) in [6.45, 7) is 1.77. The summed E-state index contributed by atoms with van der Waals surface area (Å²) in [7, 11) is -1.70. The number of rotatable bonds is 9. The van der Waals surface area contributed by atoms with Crippen molar-refractivity contribution in [3.05, 3.63) is 64.5 Å². The minimum atomic E-state index is -3.42. The molecule has 0 radical (unpaired) electrons. The van der Waals surface area contributed by atoms with E-state index in [9.17, 15) is 23.3 Å². The maximum Gasteiger partial charge on any atom is 0.284 e. The second-order valence-corrected chi connectivity index (χ2v) is 9.57. The van der Waals surface area contributed by atoms with Gasteiger partial charge in [0.2, 0.25) is 10.0 Å². The van der Waals surface area contributed by atoms with Crippen LogP contribution in [0.2, 0.25) is 0 Å². The molecule has 1 amide bonds. The van der Waals surface area contributed by atoms with E-state index in [0.29, 0.717) is 27.8 Å². The van der Waals surface area contributed by atoms with Crippen LogP contribution in [0.5, 0.6) is 0 Å². The SMILES string of the molecule is CCCS(=O)(=O)Nc1ccc(NC(=O)c2ccc(Sc3nncn3C)c([N+](=O)[O-])c2)cc1. The zero-order valence-electron chi connectivity index (χ0n) is 17.2. The third-order valence-corrected chi connectivity index (χ3v) is 6.79. The van der Waals surface area contributed by atoms with Crippen molar-refractivity contribution < 1.29 is 18.1 Å². The summed E-state index contributed by atoms with van der Waals surface area (Å²) >= 11 is 1.07. The lowest BCUT2D eigenvalue weighted by atomic mass is 10.2. The fourth-order valence-electron chi connectivity index (χ4n) is 2.68. The smallest absolute Gasteiger partial charge is 0.284 e. The first-order chi connectivity index (χ1) is 15.2. The topological polar surface area (TPSA) is 149 Å². The maximum atomic E-state index is 12.6. The molecule has 0 unspecified atom stereocenters. The summed E-state index contributed by atoms with van der Waals surface area (Å²) in [6.07, 6.45) is 1.97. The number of carbonyl (C=O) groups is 1. The number of carbonyl (C=O) groups excluding carboxylic acids is 1. The van der Waals surface area contributed by atoms with Gasteiger partial charge in [-0.2, -0.15) is 0 Å². The first kappa shape index (κ1) is 23.2. The molecule has 3 aromatic rings. The van der Waals surface area contributed by atoms with Crippen molar-refractivity contribution in [3.63, 3.8) is 0 Å². The predicted octanol–water partition coefficient (Wildman–Crippen LogP) is 3.28. The minimum absolute atomic E-state index is 0.00913. The maximum absolute atomic E-state index is 12.6. The van der Waals surface area contributed by atoms with Crippen LogP contribution in [0.4, 0.5) is 17.1 Å². The zero-order valence-corrected chi connectivity index (χ0v) is 18.8. The number of aromatic nitrogens is 3. The lowest BCUT2D eigenvalue weighted by Gasteiger charge is -2.09. The van der Waals surface area contributed by atoms with Gasteiger partial charge in [-0.3, -0.25) is 19.6 Å². The van der Waals surface area contributed by atoms with Gasteiger partial charge in [0.1, 0.15) is 6.33 Å². The van der Waals surface area contributed by atoms with Gasteiger partial charge in [0.05, 0.1) is 15.6 Å². The number of nitrogens with one attached hydrogen (secondary N) is 2. The molecule has 13 heteroatoms. The van der Waals surface area contributed by atoms with Gasteiger partial charge >= 0.3 is 0 Å². The fraction of sp³-hybridized carbons (Fsp3) is 0.211. The molecule has 2 N–H and O–H groups in total. The molecular formula is C19H20N6O5S2. The summed E-state index contributed by atoms with van der Waals surface area (Å²) in [5.41, 5.74) is 0.656. The van der Waals surface area contributed by atoms with Gasteiger partial charge in [-0.05, 0) is 54.6 Å². The molecule has 0 bridgehead atoms. The van der Waals surface area contributed by atoms with Crippen molar-refractivity contribution in [2.45, 2.75) is 23.4 Å². The molecule has 11 nitrogen and oxygen atoms in total. The van der Waals surface area contributed by atoms with E-state index in [1.807, 2.05) is 0 Å². The Kier molecular flexibility index (Phi) is 7.10. The lowest BCUT2D eigenvalue weighted by molar-refractivity contribution is -0.387. The number of nitro benzene ring substituents is 1. The van der Waals surface area contributed by atoms with E-state index in [-0.39, 0.29) is 17.0 Å². The Hall–Kier alpha value is -3.45. The number of anilines is 2. The highest BCUT2D eigenvalue weighted by molar-refractivity contribution is 7.99. The Balaban J connectivity index is 1.74. The molecule has 1 heterocycles. The number of benzene rings is 2. The van der Waals surface area contributed by atoms with E-state index in [4.69, 9.17) is 0 Å². The van der Waals surface area contributed by atoms with Crippen LogP contribution in [0, 0.1) is 10.1 Å². The Labute approximate surface area is 188 Å². The Morgan fingerprint density at radius 2 is 1.88 bits per heavy atom. The highest BCUT2D eigenvalue weighted by Gasteiger charge is 2.20. The first-order valence-corrected chi connectivity index (χ1v) is 11.9. The number of nitro groups is 1. The van der Waals surface area contributed by atoms with Crippen LogP contribution in [-0.4, -0.2) is 39.8 Å². The third kappa shape index (κ3) is 5.82. The Bertz CT molecular complexity index is 1240. The number of amides is 1. The second-order valence-electron chi connectivity index (χ2n) is 6.72. The van der Waals surface area contributed by atoms with Crippen LogP contribution in [0.3, 0.4) is 0 Å². The molecule has 0 spiro atoms. The van der Waals surface area contributed by atoms with Crippen molar-refractivity contribution in [1.82, 2.24) is 14.8 Å². The summed E-state index contributed by atoms with van der Waals surface area (Å²) in [4.78, 5) is 23.9. The van der Waals surface area contributed by atoms with E-state index in [1.54, 1.807) is 18.5 Å². The summed E-state index contributed by atoms with van der Waals surface area (Å²) in [5.74, 6) is -0.530. The molecular weight excluding hydrogens is 456 g/mol. The van der Waals surface area contributed by atoms with Crippen molar-refractivity contribution in [2.24, 2.45) is 7.05 Å². The second kappa shape index (κ2) is 9.78. The molecule has 0 fully saturated rings. The summed E-state index contributed by atoms with van der Waals surface area (Å²) < 4.78 is 27.7. The molecule has 0 aliphatic carbocycles. The third-order valence-electron chi connectivity index (χ3n) is 4.18. The molecule has 0 saturated heterocycles. The monoisotopic (exact) mass is 476 g/mol. The number of aryl methyl sites for hydroxylation is 1. The van der Waals surface area contributed by atoms with E-state index in [0.717, 1.165) is 11.8 Å². The average molecular weight is 477 g/mol. The van der Waals surface area contributed by atoms with Crippen LogP contribution in [0.1, 0.15) is 23.7 Å². The van der Waals surface area contributed by atoms with E-state index in [1.165, 1.54) is 48.8 Å². The van der Waals surface area contributed by atoms with Gasteiger partial charge in [-0.15, -0.1) is 10.2 Å². The average Bonchev–Trinajstić information content (AvgIpc) is 3.13. The molecule has 0 saturated carbocycles. The van der Waals surface area contributed by atoms with Crippen LogP contribution in [-0.2, 0) is 17.1 Å². The number of hydrogen-bond acceptors (Lipinski definition) is 8. The Morgan fingerprint density at radius 3 is 2.47 bits per heavy atom. The van der Waals surface area contributed by atoms with Crippen molar-refractivity contribution in [3.8, 4) is 0 Å². The van der Waals surface area contributed by atoms with E-state index >= 15 is 0 Å². The van der Waals surface area contributed by atoms with Gasteiger partial charge in [-0.25, -0.2) is 8.42 Å². The lowest BCUT2D eigenvalue weighted by Crippen LogP contribution is -2.16. The number of hydrogen-bond donors (Lipinski definition) is 2. The van der Waals surface area contributed by atoms with Crippen molar-refractivity contribution >= 4 is 44.8 Å². The van der Waals surface area contributed by atoms with Crippen molar-refractivity contribution in [1.29, 1.82) is 0 Å². The molecule has 168 valence electrons. The van der Waals surface area contributed by atoms with Gasteiger partial charge < -0.3 is 9.88 Å². The van der Waals surface area contributed by atoms with Gasteiger partial charge in [0.15, 0.2) is 5.16 Å². The number of nitrogens with zero attached hydrogens (tertiary/aromatic N) is 4. The van der Waals surface area contributed by atoms with Crippen molar-refractivity contribution in [2.75, 3.05) is 15.8 Å². The normalized spacial score (nSPS) is 11.2. The largest absolute Gasteiger partial charge is 0.322 e. The van der Waals surface area contributed by atoms with Gasteiger partial charge in [0.25, 0.3) is 11.6 Å². The molecule has 3 rings (SSSR count). The van der Waals surface area contributed by atoms with Crippen LogP contribution >= 0.6 is 11.8 Å². The fourth-order valence-corrected chi connectivity index (χ4v) is 4.66. The molecule has 0 aliphatic heterocycles. The van der Waals surface area contributed by atoms with Crippen LogP contribution < -0.4 is 10.0 Å². The summed E-state index contributed by atoms with van der Waals surface area (Å²) in [5, 5.41) is 22.3. The van der Waals surface area contributed by atoms with E-state index in [2.05, 4.69) is 20.2 Å². The van der Waals surface area contributed by atoms with E-state index < -0.39 is 20.9 Å². The quantitative estimate of drug-likeness (QED) is 0.353. The van der Waals surface area contributed by atoms with Crippen LogP contribution in [0.25, 0.3) is 0 Å². The molecule has 2 aromatic carbocycles. The zero-order chi connectivity index (χ0) is 23.3. The molecule has 32 heavy (non-hydrogen) atoms. The van der Waals surface area contributed by atoms with Gasteiger partial charge in [-0.1, -0.05) is 6.92 Å². The first-order valence-electron chi connectivity index (χ1n) is 9.40. The van der Waals surface area contributed by atoms with Gasteiger partial charge in [0, 0.05) is 30.1 Å². The molecule has 1 aromatic heterocycles. The highest BCUT2D eigenvalue weighted by Crippen LogP contribution is 2.34. The summed E-state index contributed by atoms with van der Waals surface area (Å²) in [6, 6.07) is 10.3. The molecule has 0 atom stereocenters. The standard InChI is InChI=1S/C19H20N6O5S2/c1-3-10-32(29,30)23-15-7-5-14(6-8-15)21-18(26)13-4-9-17(16(11-13)25(27)28)31-19-22-20-12-24(19)2/h4-9,11-12,23H,3,10H2,1-2H3,(H,21,26).